The van der Waals surface area contributed by atoms with Gasteiger partial charge in [-0.3, -0.25) is 11.3 Å². The highest BCUT2D eigenvalue weighted by atomic mass is 35.5. The molecule has 0 radical (unpaired) electrons. The van der Waals surface area contributed by atoms with Gasteiger partial charge in [-0.05, 0) is 24.1 Å². The lowest BCUT2D eigenvalue weighted by atomic mass is 10.0. The van der Waals surface area contributed by atoms with Crippen molar-refractivity contribution < 1.29 is 4.39 Å². The molecular formula is C14H18ClFN4. The first-order valence-electron chi connectivity index (χ1n) is 6.56. The van der Waals surface area contributed by atoms with Gasteiger partial charge >= 0.3 is 0 Å². The van der Waals surface area contributed by atoms with Crippen molar-refractivity contribution in [2.45, 2.75) is 32.4 Å². The Morgan fingerprint density at radius 2 is 2.30 bits per heavy atom. The Labute approximate surface area is 122 Å². The third-order valence-electron chi connectivity index (χ3n) is 3.20. The third kappa shape index (κ3) is 3.36. The lowest BCUT2D eigenvalue weighted by molar-refractivity contribution is 0.513. The molecule has 2 aromatic rings. The molecular weight excluding hydrogens is 279 g/mol. The molecule has 3 N–H and O–H groups in total. The minimum Gasteiger partial charge on any atom is -0.335 e. The van der Waals surface area contributed by atoms with Crippen molar-refractivity contribution in [1.29, 1.82) is 0 Å². The van der Waals surface area contributed by atoms with Crippen LogP contribution in [0.4, 0.5) is 4.39 Å². The second-order valence-electron chi connectivity index (χ2n) is 4.63. The summed E-state index contributed by atoms with van der Waals surface area (Å²) < 4.78 is 15.6. The van der Waals surface area contributed by atoms with Crippen LogP contribution < -0.4 is 11.3 Å². The minimum absolute atomic E-state index is 0.108. The second-order valence-corrected chi connectivity index (χ2v) is 5.04. The average Bonchev–Trinajstić information content (AvgIpc) is 2.87. The number of nitrogens with zero attached hydrogens (tertiary/aromatic N) is 2. The van der Waals surface area contributed by atoms with E-state index in [-0.39, 0.29) is 11.1 Å². The minimum atomic E-state index is -0.443. The van der Waals surface area contributed by atoms with E-state index in [4.69, 9.17) is 17.4 Å². The molecule has 1 aromatic heterocycles. The Bertz CT molecular complexity index is 570. The number of nitrogens with one attached hydrogen (secondary N) is 1. The number of halogens is 2. The van der Waals surface area contributed by atoms with Crippen molar-refractivity contribution in [2.24, 2.45) is 5.84 Å². The predicted octanol–water partition coefficient (Wildman–Crippen LogP) is 2.83. The predicted molar refractivity (Wildman–Crippen MR) is 77.7 cm³/mol. The fraction of sp³-hybridized carbons (Fsp3) is 0.357. The number of benzene rings is 1. The molecule has 0 aliphatic rings. The maximum atomic E-state index is 13.5. The van der Waals surface area contributed by atoms with Crippen LogP contribution in [-0.2, 0) is 13.0 Å². The van der Waals surface area contributed by atoms with Crippen LogP contribution in [0.1, 0.15) is 30.8 Å². The Balaban J connectivity index is 2.19. The summed E-state index contributed by atoms with van der Waals surface area (Å²) in [5.41, 5.74) is 3.46. The SMILES string of the molecule is CCCn1ccnc1CC(NN)c1ccc(Cl)c(F)c1. The molecule has 0 spiro atoms. The Kier molecular flexibility index (Phi) is 5.11. The molecule has 0 saturated carbocycles. The smallest absolute Gasteiger partial charge is 0.142 e. The van der Waals surface area contributed by atoms with Crippen LogP contribution in [0.3, 0.4) is 0 Å². The molecule has 108 valence electrons. The van der Waals surface area contributed by atoms with Crippen molar-refractivity contribution in [3.63, 3.8) is 0 Å². The quantitative estimate of drug-likeness (QED) is 0.636. The molecule has 20 heavy (non-hydrogen) atoms. The fourth-order valence-electron chi connectivity index (χ4n) is 2.16. The van der Waals surface area contributed by atoms with E-state index in [1.54, 1.807) is 12.3 Å². The zero-order valence-corrected chi connectivity index (χ0v) is 12.1. The van der Waals surface area contributed by atoms with Crippen LogP contribution in [0.25, 0.3) is 0 Å². The first-order valence-corrected chi connectivity index (χ1v) is 6.94. The van der Waals surface area contributed by atoms with Crippen molar-refractivity contribution in [3.05, 3.63) is 52.8 Å². The van der Waals surface area contributed by atoms with Crippen LogP contribution in [0.2, 0.25) is 5.02 Å². The molecule has 0 aliphatic carbocycles. The number of hydrazine groups is 1. The highest BCUT2D eigenvalue weighted by Crippen LogP contribution is 2.22. The van der Waals surface area contributed by atoms with Crippen LogP contribution in [0, 0.1) is 5.82 Å². The van der Waals surface area contributed by atoms with Gasteiger partial charge in [0.05, 0.1) is 11.1 Å². The number of aromatic nitrogens is 2. The lowest BCUT2D eigenvalue weighted by Crippen LogP contribution is -2.30. The number of imidazole rings is 1. The standard InChI is InChI=1S/C14H18ClFN4/c1-2-6-20-7-5-18-14(20)9-13(19-17)10-3-4-11(15)12(16)8-10/h3-5,7-8,13,19H,2,6,9,17H2,1H3. The molecule has 6 heteroatoms. The van der Waals surface area contributed by atoms with Gasteiger partial charge in [0, 0.05) is 25.4 Å². The van der Waals surface area contributed by atoms with Gasteiger partial charge in [0.15, 0.2) is 0 Å². The van der Waals surface area contributed by atoms with Gasteiger partial charge in [-0.1, -0.05) is 24.6 Å². The van der Waals surface area contributed by atoms with Crippen molar-refractivity contribution >= 4 is 11.6 Å². The summed E-state index contributed by atoms with van der Waals surface area (Å²) in [6.07, 6.45) is 5.32. The van der Waals surface area contributed by atoms with E-state index in [2.05, 4.69) is 21.9 Å². The van der Waals surface area contributed by atoms with Crippen LogP contribution in [0.15, 0.2) is 30.6 Å². The van der Waals surface area contributed by atoms with Gasteiger partial charge in [0.1, 0.15) is 11.6 Å². The molecule has 0 amide bonds. The maximum Gasteiger partial charge on any atom is 0.142 e. The van der Waals surface area contributed by atoms with E-state index < -0.39 is 5.82 Å². The molecule has 4 nitrogen and oxygen atoms in total. The Morgan fingerprint density at radius 1 is 1.50 bits per heavy atom. The normalized spacial score (nSPS) is 12.6. The molecule has 1 heterocycles. The number of aryl methyl sites for hydroxylation is 1. The van der Waals surface area contributed by atoms with Crippen molar-refractivity contribution in [2.75, 3.05) is 0 Å². The van der Waals surface area contributed by atoms with Crippen molar-refractivity contribution in [3.8, 4) is 0 Å². The highest BCUT2D eigenvalue weighted by molar-refractivity contribution is 6.30. The summed E-state index contributed by atoms with van der Waals surface area (Å²) in [7, 11) is 0. The van der Waals surface area contributed by atoms with E-state index in [0.29, 0.717) is 6.42 Å². The van der Waals surface area contributed by atoms with Crippen LogP contribution in [0.5, 0.6) is 0 Å². The zero-order chi connectivity index (χ0) is 14.5. The lowest BCUT2D eigenvalue weighted by Gasteiger charge is -2.17. The Hall–Kier alpha value is -1.43. The van der Waals surface area contributed by atoms with Gasteiger partial charge < -0.3 is 4.57 Å². The summed E-state index contributed by atoms with van der Waals surface area (Å²) in [6.45, 7) is 3.01. The first-order chi connectivity index (χ1) is 9.65. The van der Waals surface area contributed by atoms with Gasteiger partial charge in [-0.25, -0.2) is 9.37 Å². The van der Waals surface area contributed by atoms with E-state index >= 15 is 0 Å². The molecule has 1 unspecified atom stereocenters. The van der Waals surface area contributed by atoms with Crippen LogP contribution >= 0.6 is 11.6 Å². The summed E-state index contributed by atoms with van der Waals surface area (Å²) in [4.78, 5) is 4.34. The van der Waals surface area contributed by atoms with Crippen molar-refractivity contribution in [1.82, 2.24) is 15.0 Å². The van der Waals surface area contributed by atoms with E-state index in [1.165, 1.54) is 12.1 Å². The molecule has 0 fully saturated rings. The number of hydrogen-bond acceptors (Lipinski definition) is 3. The molecule has 0 saturated heterocycles. The third-order valence-corrected chi connectivity index (χ3v) is 3.51. The molecule has 1 atom stereocenters. The summed E-state index contributed by atoms with van der Waals surface area (Å²) >= 11 is 5.69. The van der Waals surface area contributed by atoms with E-state index in [0.717, 1.165) is 24.4 Å². The fourth-order valence-corrected chi connectivity index (χ4v) is 2.28. The second kappa shape index (κ2) is 6.83. The van der Waals surface area contributed by atoms with Gasteiger partial charge in [-0.2, -0.15) is 0 Å². The highest BCUT2D eigenvalue weighted by Gasteiger charge is 2.15. The topological polar surface area (TPSA) is 55.9 Å². The summed E-state index contributed by atoms with van der Waals surface area (Å²) in [6, 6.07) is 4.50. The summed E-state index contributed by atoms with van der Waals surface area (Å²) in [5, 5.41) is 0.108. The summed E-state index contributed by atoms with van der Waals surface area (Å²) in [5.74, 6) is 6.07. The van der Waals surface area contributed by atoms with Crippen LogP contribution in [-0.4, -0.2) is 9.55 Å². The van der Waals surface area contributed by atoms with Gasteiger partial charge in [0.2, 0.25) is 0 Å². The van der Waals surface area contributed by atoms with E-state index in [9.17, 15) is 4.39 Å². The van der Waals surface area contributed by atoms with Gasteiger partial charge in [0.25, 0.3) is 0 Å². The van der Waals surface area contributed by atoms with Gasteiger partial charge in [-0.15, -0.1) is 0 Å². The Morgan fingerprint density at radius 3 is 2.95 bits per heavy atom. The number of nitrogens with two attached hydrogens (primary N) is 1. The maximum absolute atomic E-state index is 13.5. The molecule has 0 bridgehead atoms. The molecule has 1 aromatic carbocycles. The molecule has 2 rings (SSSR count). The monoisotopic (exact) mass is 296 g/mol. The largest absolute Gasteiger partial charge is 0.335 e. The zero-order valence-electron chi connectivity index (χ0n) is 11.3. The first kappa shape index (κ1) is 15.0. The number of rotatable bonds is 6. The van der Waals surface area contributed by atoms with E-state index in [1.807, 2.05) is 6.20 Å². The molecule has 0 aliphatic heterocycles. The average molecular weight is 297 g/mol. The number of hydrogen-bond donors (Lipinski definition) is 2.